The lowest BCUT2D eigenvalue weighted by molar-refractivity contribution is 0.218. The van der Waals surface area contributed by atoms with Crippen LogP contribution in [0.15, 0.2) is 40.9 Å². The van der Waals surface area contributed by atoms with Gasteiger partial charge >= 0.3 is 0 Å². The SMILES string of the molecule is COc1cc(OC)cc(C(O)c2cc(Cl)ccc2Br)c1. The molecule has 0 bridgehead atoms. The van der Waals surface area contributed by atoms with Gasteiger partial charge in [0.2, 0.25) is 0 Å². The lowest BCUT2D eigenvalue weighted by Crippen LogP contribution is -2.02. The van der Waals surface area contributed by atoms with Crippen LogP contribution in [0.2, 0.25) is 5.02 Å². The summed E-state index contributed by atoms with van der Waals surface area (Å²) in [6.07, 6.45) is -0.827. The van der Waals surface area contributed by atoms with E-state index in [4.69, 9.17) is 21.1 Å². The second-order valence-electron chi connectivity index (χ2n) is 4.21. The molecular weight excluding hydrogens is 344 g/mol. The minimum Gasteiger partial charge on any atom is -0.497 e. The van der Waals surface area contributed by atoms with E-state index >= 15 is 0 Å². The van der Waals surface area contributed by atoms with Crippen LogP contribution in [0.1, 0.15) is 17.2 Å². The molecule has 5 heteroatoms. The van der Waals surface area contributed by atoms with Crippen LogP contribution in [0, 0.1) is 0 Å². The minimum atomic E-state index is -0.827. The van der Waals surface area contributed by atoms with Gasteiger partial charge in [0.1, 0.15) is 17.6 Å². The van der Waals surface area contributed by atoms with Crippen molar-refractivity contribution in [3.8, 4) is 11.5 Å². The Morgan fingerprint density at radius 2 is 1.65 bits per heavy atom. The molecule has 0 aliphatic carbocycles. The molecule has 2 rings (SSSR count). The Hall–Kier alpha value is -1.23. The van der Waals surface area contributed by atoms with Crippen LogP contribution in [0.3, 0.4) is 0 Å². The Bertz CT molecular complexity index is 594. The molecular formula is C15H14BrClO3. The van der Waals surface area contributed by atoms with Crippen LogP contribution >= 0.6 is 27.5 Å². The maximum atomic E-state index is 10.5. The highest BCUT2D eigenvalue weighted by atomic mass is 79.9. The largest absolute Gasteiger partial charge is 0.497 e. The molecule has 2 aromatic rings. The molecule has 1 atom stereocenters. The average Bonchev–Trinajstić information content (AvgIpc) is 2.48. The zero-order valence-corrected chi connectivity index (χ0v) is 13.4. The third-order valence-corrected chi connectivity index (χ3v) is 3.90. The van der Waals surface area contributed by atoms with E-state index in [2.05, 4.69) is 15.9 Å². The Kier molecular flexibility index (Phi) is 4.91. The van der Waals surface area contributed by atoms with Gasteiger partial charge in [0.25, 0.3) is 0 Å². The van der Waals surface area contributed by atoms with Crippen molar-refractivity contribution in [2.24, 2.45) is 0 Å². The summed E-state index contributed by atoms with van der Waals surface area (Å²) < 4.78 is 11.2. The van der Waals surface area contributed by atoms with Gasteiger partial charge in [-0.2, -0.15) is 0 Å². The monoisotopic (exact) mass is 356 g/mol. The molecule has 1 unspecified atom stereocenters. The molecule has 0 spiro atoms. The predicted octanol–water partition coefficient (Wildman–Crippen LogP) is 4.20. The van der Waals surface area contributed by atoms with Crippen molar-refractivity contribution in [2.75, 3.05) is 14.2 Å². The van der Waals surface area contributed by atoms with E-state index in [1.807, 2.05) is 0 Å². The quantitative estimate of drug-likeness (QED) is 0.891. The smallest absolute Gasteiger partial charge is 0.122 e. The minimum absolute atomic E-state index is 0.567. The number of hydrogen-bond donors (Lipinski definition) is 1. The van der Waals surface area contributed by atoms with Gasteiger partial charge in [-0.1, -0.05) is 27.5 Å². The molecule has 0 fully saturated rings. The number of rotatable bonds is 4. The van der Waals surface area contributed by atoms with E-state index < -0.39 is 6.10 Å². The molecule has 0 aromatic heterocycles. The van der Waals surface area contributed by atoms with Crippen LogP contribution in [-0.2, 0) is 0 Å². The van der Waals surface area contributed by atoms with Crippen LogP contribution in [0.25, 0.3) is 0 Å². The predicted molar refractivity (Wildman–Crippen MR) is 82.8 cm³/mol. The van der Waals surface area contributed by atoms with Gasteiger partial charge < -0.3 is 14.6 Å². The molecule has 106 valence electrons. The summed E-state index contributed by atoms with van der Waals surface area (Å²) in [5, 5.41) is 11.1. The lowest BCUT2D eigenvalue weighted by Gasteiger charge is -2.16. The highest BCUT2D eigenvalue weighted by Gasteiger charge is 2.16. The summed E-state index contributed by atoms with van der Waals surface area (Å²) in [6, 6.07) is 10.6. The zero-order valence-electron chi connectivity index (χ0n) is 11.1. The normalized spacial score (nSPS) is 12.1. The van der Waals surface area contributed by atoms with Crippen LogP contribution in [0.4, 0.5) is 0 Å². The van der Waals surface area contributed by atoms with E-state index in [0.717, 1.165) is 4.47 Å². The first kappa shape index (κ1) is 15.2. The van der Waals surface area contributed by atoms with Crippen molar-refractivity contribution in [3.05, 3.63) is 57.0 Å². The van der Waals surface area contributed by atoms with Gasteiger partial charge in [-0.25, -0.2) is 0 Å². The Balaban J connectivity index is 2.46. The number of aliphatic hydroxyl groups is 1. The molecule has 1 N–H and O–H groups in total. The topological polar surface area (TPSA) is 38.7 Å². The molecule has 20 heavy (non-hydrogen) atoms. The summed E-state index contributed by atoms with van der Waals surface area (Å²) >= 11 is 9.40. The first-order valence-corrected chi connectivity index (χ1v) is 7.08. The number of methoxy groups -OCH3 is 2. The van der Waals surface area contributed by atoms with Gasteiger partial charge in [0, 0.05) is 21.1 Å². The van der Waals surface area contributed by atoms with Gasteiger partial charge in [0.05, 0.1) is 14.2 Å². The first-order valence-electron chi connectivity index (χ1n) is 5.91. The maximum Gasteiger partial charge on any atom is 0.122 e. The summed E-state index contributed by atoms with van der Waals surface area (Å²) in [5.74, 6) is 1.24. The molecule has 0 aliphatic rings. The number of halogens is 2. The Morgan fingerprint density at radius 3 is 2.20 bits per heavy atom. The third-order valence-electron chi connectivity index (χ3n) is 2.94. The second kappa shape index (κ2) is 6.48. The molecule has 0 radical (unpaired) electrons. The summed E-state index contributed by atoms with van der Waals surface area (Å²) in [5.41, 5.74) is 1.36. The third kappa shape index (κ3) is 3.26. The van der Waals surface area contributed by atoms with Gasteiger partial charge in [-0.3, -0.25) is 0 Å². The fraction of sp³-hybridized carbons (Fsp3) is 0.200. The Morgan fingerprint density at radius 1 is 1.05 bits per heavy atom. The van der Waals surface area contributed by atoms with Crippen LogP contribution < -0.4 is 9.47 Å². The molecule has 0 aliphatic heterocycles. The molecule has 2 aromatic carbocycles. The zero-order chi connectivity index (χ0) is 14.7. The number of benzene rings is 2. The highest BCUT2D eigenvalue weighted by molar-refractivity contribution is 9.10. The molecule has 0 saturated carbocycles. The first-order chi connectivity index (χ1) is 9.55. The van der Waals surface area contributed by atoms with Gasteiger partial charge in [0.15, 0.2) is 0 Å². The van der Waals surface area contributed by atoms with E-state index in [1.165, 1.54) is 0 Å². The van der Waals surface area contributed by atoms with E-state index in [0.29, 0.717) is 27.6 Å². The standard InChI is InChI=1S/C15H14BrClO3/c1-19-11-5-9(6-12(8-11)20-2)15(18)13-7-10(17)3-4-14(13)16/h3-8,15,18H,1-2H3. The van der Waals surface area contributed by atoms with Crippen molar-refractivity contribution in [2.45, 2.75) is 6.10 Å². The summed E-state index contributed by atoms with van der Waals surface area (Å²) in [6.45, 7) is 0. The van der Waals surface area contributed by atoms with Gasteiger partial charge in [-0.15, -0.1) is 0 Å². The van der Waals surface area contributed by atoms with E-state index in [-0.39, 0.29) is 0 Å². The van der Waals surface area contributed by atoms with Crippen molar-refractivity contribution >= 4 is 27.5 Å². The molecule has 0 saturated heterocycles. The van der Waals surface area contributed by atoms with Crippen molar-refractivity contribution in [1.82, 2.24) is 0 Å². The fourth-order valence-corrected chi connectivity index (χ4v) is 2.54. The van der Waals surface area contributed by atoms with E-state index in [9.17, 15) is 5.11 Å². The lowest BCUT2D eigenvalue weighted by atomic mass is 10.0. The molecule has 0 heterocycles. The Labute approximate surface area is 131 Å². The number of aliphatic hydroxyl groups excluding tert-OH is 1. The van der Waals surface area contributed by atoms with Crippen molar-refractivity contribution < 1.29 is 14.6 Å². The summed E-state index contributed by atoms with van der Waals surface area (Å²) in [4.78, 5) is 0. The van der Waals surface area contributed by atoms with Crippen molar-refractivity contribution in [3.63, 3.8) is 0 Å². The van der Waals surface area contributed by atoms with E-state index in [1.54, 1.807) is 50.6 Å². The van der Waals surface area contributed by atoms with Crippen LogP contribution in [-0.4, -0.2) is 19.3 Å². The van der Waals surface area contributed by atoms with Gasteiger partial charge in [-0.05, 0) is 35.9 Å². The van der Waals surface area contributed by atoms with Crippen molar-refractivity contribution in [1.29, 1.82) is 0 Å². The van der Waals surface area contributed by atoms with Crippen LogP contribution in [0.5, 0.6) is 11.5 Å². The molecule has 3 nitrogen and oxygen atoms in total. The average molecular weight is 358 g/mol. The highest BCUT2D eigenvalue weighted by Crippen LogP contribution is 2.34. The maximum absolute atomic E-state index is 10.5. The fourth-order valence-electron chi connectivity index (χ4n) is 1.89. The second-order valence-corrected chi connectivity index (χ2v) is 5.51. The number of hydrogen-bond acceptors (Lipinski definition) is 3. The number of ether oxygens (including phenoxy) is 2. The summed E-state index contributed by atoms with van der Waals surface area (Å²) in [7, 11) is 3.14. The molecule has 0 amide bonds.